The lowest BCUT2D eigenvalue weighted by atomic mass is 10.1. The van der Waals surface area contributed by atoms with Gasteiger partial charge in [-0.3, -0.25) is 9.59 Å². The number of hydrogen-bond acceptors (Lipinski definition) is 3. The van der Waals surface area contributed by atoms with Crippen molar-refractivity contribution in [2.45, 2.75) is 32.3 Å². The SMILES string of the molecule is CCC(O)CCNC(=O)C1CCN(c2cccc(Cl)c2)C1=O. The Morgan fingerprint density at radius 3 is 3.00 bits per heavy atom. The molecular weight excluding hydrogens is 304 g/mol. The van der Waals surface area contributed by atoms with E-state index in [0.29, 0.717) is 43.1 Å². The van der Waals surface area contributed by atoms with Crippen molar-refractivity contribution >= 4 is 29.1 Å². The molecule has 1 saturated heterocycles. The number of nitrogens with zero attached hydrogens (tertiary/aromatic N) is 1. The van der Waals surface area contributed by atoms with Gasteiger partial charge in [-0.25, -0.2) is 0 Å². The van der Waals surface area contributed by atoms with Gasteiger partial charge >= 0.3 is 0 Å². The topological polar surface area (TPSA) is 69.6 Å². The summed E-state index contributed by atoms with van der Waals surface area (Å²) in [6.07, 6.45) is 1.23. The van der Waals surface area contributed by atoms with Gasteiger partial charge in [0.1, 0.15) is 5.92 Å². The number of rotatable bonds is 6. The summed E-state index contributed by atoms with van der Waals surface area (Å²) in [7, 11) is 0. The monoisotopic (exact) mass is 324 g/mol. The van der Waals surface area contributed by atoms with E-state index in [4.69, 9.17) is 11.6 Å². The highest BCUT2D eigenvalue weighted by molar-refractivity contribution is 6.31. The third kappa shape index (κ3) is 3.99. The smallest absolute Gasteiger partial charge is 0.239 e. The van der Waals surface area contributed by atoms with E-state index in [2.05, 4.69) is 5.32 Å². The van der Waals surface area contributed by atoms with Crippen LogP contribution in [-0.4, -0.2) is 36.1 Å². The van der Waals surface area contributed by atoms with Crippen molar-refractivity contribution in [3.05, 3.63) is 29.3 Å². The second kappa shape index (κ2) is 7.61. The lowest BCUT2D eigenvalue weighted by Crippen LogP contribution is -2.37. The van der Waals surface area contributed by atoms with Gasteiger partial charge in [-0.05, 0) is 37.5 Å². The molecule has 2 rings (SSSR count). The molecule has 1 fully saturated rings. The Labute approximate surface area is 135 Å². The predicted molar refractivity (Wildman–Crippen MR) is 85.8 cm³/mol. The highest BCUT2D eigenvalue weighted by Crippen LogP contribution is 2.27. The molecule has 1 aromatic rings. The van der Waals surface area contributed by atoms with Crippen LogP contribution in [0.4, 0.5) is 5.69 Å². The normalized spacial score (nSPS) is 19.3. The highest BCUT2D eigenvalue weighted by atomic mass is 35.5. The second-order valence-corrected chi connectivity index (χ2v) is 5.89. The predicted octanol–water partition coefficient (Wildman–Crippen LogP) is 1.97. The van der Waals surface area contributed by atoms with Gasteiger partial charge in [0, 0.05) is 23.8 Å². The first-order valence-corrected chi connectivity index (χ1v) is 7.93. The summed E-state index contributed by atoms with van der Waals surface area (Å²) in [5.74, 6) is -1.12. The van der Waals surface area contributed by atoms with Crippen LogP contribution in [-0.2, 0) is 9.59 Å². The number of carbonyl (C=O) groups excluding carboxylic acids is 2. The molecule has 5 nitrogen and oxygen atoms in total. The molecule has 1 aromatic carbocycles. The van der Waals surface area contributed by atoms with Gasteiger partial charge in [0.05, 0.1) is 6.10 Å². The van der Waals surface area contributed by atoms with Crippen molar-refractivity contribution in [3.63, 3.8) is 0 Å². The molecule has 1 heterocycles. The minimum atomic E-state index is -0.655. The molecule has 120 valence electrons. The maximum Gasteiger partial charge on any atom is 0.239 e. The molecule has 0 aromatic heterocycles. The van der Waals surface area contributed by atoms with E-state index >= 15 is 0 Å². The minimum absolute atomic E-state index is 0.198. The Morgan fingerprint density at radius 1 is 1.55 bits per heavy atom. The Morgan fingerprint density at radius 2 is 2.32 bits per heavy atom. The zero-order chi connectivity index (χ0) is 16.1. The van der Waals surface area contributed by atoms with E-state index in [1.165, 1.54) is 0 Å². The van der Waals surface area contributed by atoms with E-state index in [1.54, 1.807) is 23.1 Å². The van der Waals surface area contributed by atoms with Gasteiger partial charge in [0.15, 0.2) is 0 Å². The maximum atomic E-state index is 12.4. The van der Waals surface area contributed by atoms with Crippen molar-refractivity contribution in [3.8, 4) is 0 Å². The average Bonchev–Trinajstić information content (AvgIpc) is 2.88. The molecule has 1 aliphatic rings. The third-order valence-electron chi connectivity index (χ3n) is 3.89. The summed E-state index contributed by atoms with van der Waals surface area (Å²) in [6, 6.07) is 7.05. The van der Waals surface area contributed by atoms with Gasteiger partial charge in [0.25, 0.3) is 0 Å². The van der Waals surface area contributed by atoms with Gasteiger partial charge in [-0.15, -0.1) is 0 Å². The molecule has 2 unspecified atom stereocenters. The van der Waals surface area contributed by atoms with Crippen LogP contribution in [0.1, 0.15) is 26.2 Å². The fraction of sp³-hybridized carbons (Fsp3) is 0.500. The first kappa shape index (κ1) is 16.8. The first-order chi connectivity index (χ1) is 10.5. The van der Waals surface area contributed by atoms with Crippen LogP contribution in [0, 0.1) is 5.92 Å². The van der Waals surface area contributed by atoms with Crippen molar-refractivity contribution in [2.75, 3.05) is 18.0 Å². The summed E-state index contributed by atoms with van der Waals surface area (Å²) >= 11 is 5.94. The van der Waals surface area contributed by atoms with Gasteiger partial charge in [-0.2, -0.15) is 0 Å². The second-order valence-electron chi connectivity index (χ2n) is 5.45. The molecule has 2 N–H and O–H groups in total. The van der Waals surface area contributed by atoms with Gasteiger partial charge in [0.2, 0.25) is 11.8 Å². The van der Waals surface area contributed by atoms with E-state index < -0.39 is 12.0 Å². The van der Waals surface area contributed by atoms with Crippen LogP contribution in [0.2, 0.25) is 5.02 Å². The van der Waals surface area contributed by atoms with Crippen molar-refractivity contribution in [2.24, 2.45) is 5.92 Å². The molecule has 0 radical (unpaired) electrons. The van der Waals surface area contributed by atoms with E-state index in [-0.39, 0.29) is 11.8 Å². The van der Waals surface area contributed by atoms with Crippen LogP contribution < -0.4 is 10.2 Å². The highest BCUT2D eigenvalue weighted by Gasteiger charge is 2.37. The Hall–Kier alpha value is -1.59. The lowest BCUT2D eigenvalue weighted by Gasteiger charge is -2.17. The minimum Gasteiger partial charge on any atom is -0.393 e. The molecule has 2 amide bonds. The zero-order valence-corrected chi connectivity index (χ0v) is 13.3. The molecule has 6 heteroatoms. The molecule has 2 atom stereocenters. The molecule has 0 aliphatic carbocycles. The third-order valence-corrected chi connectivity index (χ3v) is 4.13. The number of aliphatic hydroxyl groups excluding tert-OH is 1. The maximum absolute atomic E-state index is 12.4. The van der Waals surface area contributed by atoms with Crippen LogP contribution in [0.15, 0.2) is 24.3 Å². The molecule has 1 aliphatic heterocycles. The zero-order valence-electron chi connectivity index (χ0n) is 12.6. The van der Waals surface area contributed by atoms with Crippen LogP contribution in [0.5, 0.6) is 0 Å². The summed E-state index contributed by atoms with van der Waals surface area (Å²) in [5, 5.41) is 12.8. The van der Waals surface area contributed by atoms with E-state index in [9.17, 15) is 14.7 Å². The fourth-order valence-corrected chi connectivity index (χ4v) is 2.70. The molecule has 0 spiro atoms. The number of amides is 2. The van der Waals surface area contributed by atoms with Crippen molar-refractivity contribution < 1.29 is 14.7 Å². The first-order valence-electron chi connectivity index (χ1n) is 7.55. The molecule has 22 heavy (non-hydrogen) atoms. The molecule has 0 bridgehead atoms. The number of nitrogens with one attached hydrogen (secondary N) is 1. The summed E-state index contributed by atoms with van der Waals surface area (Å²) in [6.45, 7) is 2.78. The van der Waals surface area contributed by atoms with E-state index in [0.717, 1.165) is 0 Å². The summed E-state index contributed by atoms with van der Waals surface area (Å²) in [5.41, 5.74) is 0.717. The number of carbonyl (C=O) groups is 2. The Bertz CT molecular complexity index is 550. The number of benzene rings is 1. The fourth-order valence-electron chi connectivity index (χ4n) is 2.51. The van der Waals surface area contributed by atoms with Crippen molar-refractivity contribution in [1.29, 1.82) is 0 Å². The van der Waals surface area contributed by atoms with Crippen LogP contribution >= 0.6 is 11.6 Å². The van der Waals surface area contributed by atoms with E-state index in [1.807, 2.05) is 13.0 Å². The quantitative estimate of drug-likeness (QED) is 0.786. The Kier molecular flexibility index (Phi) is 5.80. The largest absolute Gasteiger partial charge is 0.393 e. The number of aliphatic hydroxyl groups is 1. The van der Waals surface area contributed by atoms with Gasteiger partial charge in [-0.1, -0.05) is 24.6 Å². The summed E-state index contributed by atoms with van der Waals surface area (Å²) in [4.78, 5) is 26.1. The molecular formula is C16H21ClN2O3. The standard InChI is InChI=1S/C16H21ClN2O3/c1-2-13(20)6-8-18-15(21)14-7-9-19(16(14)22)12-5-3-4-11(17)10-12/h3-5,10,13-14,20H,2,6-9H2,1H3,(H,18,21). The number of anilines is 1. The lowest BCUT2D eigenvalue weighted by molar-refractivity contribution is -0.132. The number of halogens is 1. The van der Waals surface area contributed by atoms with Crippen LogP contribution in [0.25, 0.3) is 0 Å². The van der Waals surface area contributed by atoms with Gasteiger partial charge < -0.3 is 15.3 Å². The summed E-state index contributed by atoms with van der Waals surface area (Å²) < 4.78 is 0. The van der Waals surface area contributed by atoms with Crippen molar-refractivity contribution in [1.82, 2.24) is 5.32 Å². The van der Waals surface area contributed by atoms with Crippen LogP contribution in [0.3, 0.4) is 0 Å². The number of hydrogen-bond donors (Lipinski definition) is 2. The Balaban J connectivity index is 1.92. The average molecular weight is 325 g/mol. The molecule has 0 saturated carbocycles.